The van der Waals surface area contributed by atoms with E-state index in [-0.39, 0.29) is 20.3 Å². The number of rotatable bonds is 3. The Morgan fingerprint density at radius 3 is 2.95 bits per heavy atom. The molecule has 0 fully saturated rings. The molecule has 3 rings (SSSR count). The van der Waals surface area contributed by atoms with Crippen LogP contribution < -0.4 is 10.3 Å². The maximum absolute atomic E-state index is 12.2. The molecular weight excluding hydrogens is 307 g/mol. The van der Waals surface area contributed by atoms with Crippen LogP contribution in [0.2, 0.25) is 0 Å². The summed E-state index contributed by atoms with van der Waals surface area (Å²) in [5.41, 5.74) is 1.10. The van der Waals surface area contributed by atoms with Crippen molar-refractivity contribution in [1.82, 2.24) is 8.55 Å². The molecule has 0 atom stereocenters. The molecule has 0 aliphatic carbocycles. The third-order valence-corrected chi connectivity index (χ3v) is 5.12. The van der Waals surface area contributed by atoms with E-state index >= 15 is 0 Å². The van der Waals surface area contributed by atoms with Crippen molar-refractivity contribution in [2.75, 3.05) is 7.11 Å². The Morgan fingerprint density at radius 2 is 2.16 bits per heavy atom. The van der Waals surface area contributed by atoms with Gasteiger partial charge in [-0.15, -0.1) is 0 Å². The Hall–Kier alpha value is -1.84. The van der Waals surface area contributed by atoms with Gasteiger partial charge in [-0.1, -0.05) is 0 Å². The van der Waals surface area contributed by atoms with Crippen molar-refractivity contribution in [2.45, 2.75) is 6.54 Å². The van der Waals surface area contributed by atoms with E-state index in [1.54, 1.807) is 19.5 Å². The summed E-state index contributed by atoms with van der Waals surface area (Å²) in [7, 11) is 1.61. The van der Waals surface area contributed by atoms with Gasteiger partial charge in [-0.25, -0.2) is 0 Å². The Bertz CT molecular complexity index is 776. The van der Waals surface area contributed by atoms with Crippen LogP contribution in [0, 0.1) is 0 Å². The molecule has 4 nitrogen and oxygen atoms in total. The minimum absolute atomic E-state index is 0.0523. The van der Waals surface area contributed by atoms with Crippen molar-refractivity contribution in [3.8, 4) is 5.75 Å². The Morgan fingerprint density at radius 1 is 1.32 bits per heavy atom. The first-order valence-corrected chi connectivity index (χ1v) is 7.47. The summed E-state index contributed by atoms with van der Waals surface area (Å²) in [6.45, 7) is 0.581. The van der Waals surface area contributed by atoms with Gasteiger partial charge in [-0.3, -0.25) is 0 Å². The molecule has 5 heteroatoms. The summed E-state index contributed by atoms with van der Waals surface area (Å²) in [6, 6.07) is 9.72. The molecule has 0 saturated carbocycles. The zero-order valence-corrected chi connectivity index (χ0v) is 12.1. The Kier molecular flexibility index (Phi) is 3.23. The molecular formula is C14H12N2O2Se. The van der Waals surface area contributed by atoms with Crippen LogP contribution in [0.4, 0.5) is 0 Å². The fourth-order valence-electron chi connectivity index (χ4n) is 1.95. The van der Waals surface area contributed by atoms with E-state index in [2.05, 4.69) is 4.98 Å². The monoisotopic (exact) mass is 320 g/mol. The fourth-order valence-corrected chi connectivity index (χ4v) is 4.10. The first-order chi connectivity index (χ1) is 9.28. The van der Waals surface area contributed by atoms with Crippen LogP contribution in [-0.4, -0.2) is 30.4 Å². The molecule has 0 aliphatic rings. The summed E-state index contributed by atoms with van der Waals surface area (Å²) >= 11 is 0.0523. The number of pyridine rings is 1. The molecule has 0 aliphatic heterocycles. The number of benzene rings is 1. The van der Waals surface area contributed by atoms with Crippen LogP contribution in [-0.2, 0) is 6.54 Å². The Balaban J connectivity index is 2.01. The van der Waals surface area contributed by atoms with Crippen molar-refractivity contribution in [2.24, 2.45) is 0 Å². The quantitative estimate of drug-likeness (QED) is 0.688. The topological polar surface area (TPSA) is 44.1 Å². The van der Waals surface area contributed by atoms with E-state index in [0.29, 0.717) is 12.3 Å². The first kappa shape index (κ1) is 12.2. The van der Waals surface area contributed by atoms with Gasteiger partial charge in [-0.2, -0.15) is 0 Å². The van der Waals surface area contributed by atoms with E-state index in [1.165, 1.54) is 0 Å². The summed E-state index contributed by atoms with van der Waals surface area (Å²) in [6.07, 6.45) is 3.43. The molecule has 0 bridgehead atoms. The summed E-state index contributed by atoms with van der Waals surface area (Å²) in [5.74, 6) is 0.717. The molecule has 0 amide bonds. The van der Waals surface area contributed by atoms with Crippen LogP contribution in [0.15, 0.2) is 47.5 Å². The number of hydrogen-bond donors (Lipinski definition) is 0. The maximum atomic E-state index is 12.2. The van der Waals surface area contributed by atoms with Gasteiger partial charge in [0.25, 0.3) is 0 Å². The second-order valence-corrected chi connectivity index (χ2v) is 6.39. The second kappa shape index (κ2) is 5.03. The van der Waals surface area contributed by atoms with Crippen molar-refractivity contribution in [1.29, 1.82) is 0 Å². The SMILES string of the molecule is COc1cncc(Cn2[se]c3ccccc3c2=O)c1. The average Bonchev–Trinajstić information content (AvgIpc) is 2.76. The normalized spacial score (nSPS) is 10.8. The minimum atomic E-state index is 0.0523. The van der Waals surface area contributed by atoms with Gasteiger partial charge in [0.05, 0.1) is 0 Å². The zero-order chi connectivity index (χ0) is 13.2. The molecule has 0 radical (unpaired) electrons. The number of methoxy groups -OCH3 is 1. The van der Waals surface area contributed by atoms with Crippen LogP contribution in [0.1, 0.15) is 5.56 Å². The molecule has 0 unspecified atom stereocenters. The summed E-state index contributed by atoms with van der Waals surface area (Å²) < 4.78 is 8.18. The van der Waals surface area contributed by atoms with E-state index in [1.807, 2.05) is 33.9 Å². The summed E-state index contributed by atoms with van der Waals surface area (Å²) in [4.78, 5) is 16.4. The second-order valence-electron chi connectivity index (χ2n) is 4.16. The van der Waals surface area contributed by atoms with Gasteiger partial charge in [0, 0.05) is 0 Å². The van der Waals surface area contributed by atoms with Crippen LogP contribution >= 0.6 is 0 Å². The van der Waals surface area contributed by atoms with E-state index < -0.39 is 0 Å². The van der Waals surface area contributed by atoms with Crippen molar-refractivity contribution in [3.05, 3.63) is 58.6 Å². The molecule has 0 spiro atoms. The summed E-state index contributed by atoms with van der Waals surface area (Å²) in [5, 5.41) is 0.832. The van der Waals surface area contributed by atoms with Crippen molar-refractivity contribution in [3.63, 3.8) is 0 Å². The number of fused-ring (bicyclic) bond motifs is 1. The number of hydrogen-bond acceptors (Lipinski definition) is 3. The van der Waals surface area contributed by atoms with Gasteiger partial charge >= 0.3 is 116 Å². The van der Waals surface area contributed by atoms with Crippen LogP contribution in [0.5, 0.6) is 5.75 Å². The molecule has 0 N–H and O–H groups in total. The number of nitrogens with zero attached hydrogens (tertiary/aromatic N) is 2. The van der Waals surface area contributed by atoms with Gasteiger partial charge in [0.2, 0.25) is 0 Å². The Labute approximate surface area is 116 Å². The van der Waals surface area contributed by atoms with E-state index in [9.17, 15) is 4.79 Å². The third-order valence-electron chi connectivity index (χ3n) is 2.88. The van der Waals surface area contributed by atoms with E-state index in [0.717, 1.165) is 15.2 Å². The van der Waals surface area contributed by atoms with Crippen LogP contribution in [0.25, 0.3) is 9.65 Å². The predicted octanol–water partition coefficient (Wildman–Crippen LogP) is 1.51. The van der Waals surface area contributed by atoms with E-state index in [4.69, 9.17) is 4.74 Å². The average molecular weight is 319 g/mol. The molecule has 19 heavy (non-hydrogen) atoms. The molecule has 96 valence electrons. The number of ether oxygens (including phenoxy) is 1. The van der Waals surface area contributed by atoms with Crippen molar-refractivity contribution < 1.29 is 4.74 Å². The molecule has 3 aromatic rings. The van der Waals surface area contributed by atoms with Gasteiger partial charge < -0.3 is 0 Å². The standard InChI is InChI=1S/C14H12N2O2Se/c1-18-11-6-10(7-15-8-11)9-16-14(17)12-4-2-3-5-13(12)19-16/h2-8H,9H2,1H3. The third kappa shape index (κ3) is 2.35. The predicted molar refractivity (Wildman–Crippen MR) is 75.0 cm³/mol. The molecule has 0 saturated heterocycles. The van der Waals surface area contributed by atoms with Gasteiger partial charge in [0.15, 0.2) is 0 Å². The molecule has 2 heterocycles. The molecule has 1 aromatic carbocycles. The van der Waals surface area contributed by atoms with Crippen LogP contribution in [0.3, 0.4) is 0 Å². The first-order valence-electron chi connectivity index (χ1n) is 5.85. The zero-order valence-electron chi connectivity index (χ0n) is 10.4. The van der Waals surface area contributed by atoms with Gasteiger partial charge in [-0.05, 0) is 0 Å². The number of aromatic nitrogens is 2. The molecule has 2 aromatic heterocycles. The fraction of sp³-hybridized carbons (Fsp3) is 0.143. The van der Waals surface area contributed by atoms with Crippen molar-refractivity contribution >= 4 is 24.4 Å². The van der Waals surface area contributed by atoms with Gasteiger partial charge in [0.1, 0.15) is 0 Å².